The zero-order valence-electron chi connectivity index (χ0n) is 14.7. The molecular formula is C18H24N4O2S. The highest BCUT2D eigenvalue weighted by Crippen LogP contribution is 2.50. The van der Waals surface area contributed by atoms with E-state index in [2.05, 4.69) is 40.8 Å². The highest BCUT2D eigenvalue weighted by molar-refractivity contribution is 7.89. The number of nitrogens with two attached hydrogens (primary N) is 1. The predicted molar refractivity (Wildman–Crippen MR) is 99.0 cm³/mol. The molecule has 1 saturated carbocycles. The van der Waals surface area contributed by atoms with Crippen LogP contribution < -0.4 is 10.0 Å². The van der Waals surface area contributed by atoms with Crippen LogP contribution in [0.15, 0.2) is 18.5 Å². The summed E-state index contributed by atoms with van der Waals surface area (Å²) in [6, 6.07) is 4.28. The minimum Gasteiger partial charge on any atom is -0.355 e. The number of hydrogen-bond donors (Lipinski definition) is 1. The van der Waals surface area contributed by atoms with E-state index in [1.807, 2.05) is 0 Å². The number of hydrogen-bond acceptors (Lipinski definition) is 5. The summed E-state index contributed by atoms with van der Waals surface area (Å²) in [6.45, 7) is 6.08. The lowest BCUT2D eigenvalue weighted by Gasteiger charge is -2.49. The van der Waals surface area contributed by atoms with Gasteiger partial charge in [-0.25, -0.2) is 23.5 Å². The number of aryl methyl sites for hydroxylation is 2. The number of anilines is 1. The Morgan fingerprint density at radius 2 is 1.96 bits per heavy atom. The fourth-order valence-corrected chi connectivity index (χ4v) is 5.49. The maximum atomic E-state index is 11.3. The third-order valence-corrected chi connectivity index (χ3v) is 6.79. The lowest BCUT2D eigenvalue weighted by molar-refractivity contribution is 0.214. The van der Waals surface area contributed by atoms with Crippen LogP contribution in [0.3, 0.4) is 0 Å². The largest absolute Gasteiger partial charge is 0.355 e. The first-order chi connectivity index (χ1) is 11.7. The summed E-state index contributed by atoms with van der Waals surface area (Å²) in [5.74, 6) is 1.31. The first-order valence-corrected chi connectivity index (χ1v) is 10.4. The summed E-state index contributed by atoms with van der Waals surface area (Å²) in [7, 11) is -3.38. The van der Waals surface area contributed by atoms with Gasteiger partial charge in [0.2, 0.25) is 10.0 Å². The molecule has 2 aromatic rings. The van der Waals surface area contributed by atoms with Crippen molar-refractivity contribution >= 4 is 26.7 Å². The van der Waals surface area contributed by atoms with Crippen LogP contribution in [-0.4, -0.2) is 37.2 Å². The number of nitrogens with zero attached hydrogens (tertiary/aromatic N) is 3. The Morgan fingerprint density at radius 1 is 1.24 bits per heavy atom. The van der Waals surface area contributed by atoms with Crippen LogP contribution in [0.25, 0.3) is 10.9 Å². The Balaban J connectivity index is 1.53. The maximum absolute atomic E-state index is 11.3. The average Bonchev–Trinajstić information content (AvgIpc) is 2.88. The molecule has 4 rings (SSSR count). The fraction of sp³-hybridized carbons (Fsp3) is 0.556. The molecular weight excluding hydrogens is 336 g/mol. The molecule has 1 spiro atoms. The molecule has 0 amide bonds. The van der Waals surface area contributed by atoms with Crippen molar-refractivity contribution in [1.82, 2.24) is 9.97 Å². The number of sulfonamides is 1. The molecule has 1 aromatic carbocycles. The molecule has 1 saturated heterocycles. The minimum atomic E-state index is -3.38. The third kappa shape index (κ3) is 3.11. The van der Waals surface area contributed by atoms with E-state index in [1.54, 1.807) is 6.33 Å². The molecule has 25 heavy (non-hydrogen) atoms. The van der Waals surface area contributed by atoms with Gasteiger partial charge in [-0.05, 0) is 62.3 Å². The van der Waals surface area contributed by atoms with Crippen LogP contribution in [0, 0.1) is 25.2 Å². The van der Waals surface area contributed by atoms with Gasteiger partial charge in [0.25, 0.3) is 0 Å². The van der Waals surface area contributed by atoms with Gasteiger partial charge in [0.05, 0.1) is 11.3 Å². The molecule has 2 aliphatic rings. The van der Waals surface area contributed by atoms with E-state index in [0.717, 1.165) is 49.1 Å². The van der Waals surface area contributed by atoms with Crippen molar-refractivity contribution in [1.29, 1.82) is 0 Å². The molecule has 0 radical (unpaired) electrons. The van der Waals surface area contributed by atoms with Crippen molar-refractivity contribution < 1.29 is 8.42 Å². The standard InChI is InChI=1S/C18H24N4O2S/c1-12-5-15-16(6-13(12)2)20-11-21-17(15)22-9-18(10-22)4-3-14(7-18)8-25(19,23)24/h5-6,11,14H,3-4,7-10H2,1-2H3,(H2,19,23,24). The molecule has 1 unspecified atom stereocenters. The molecule has 7 heteroatoms. The molecule has 1 atom stereocenters. The Kier molecular flexibility index (Phi) is 3.77. The lowest BCUT2D eigenvalue weighted by atomic mass is 9.77. The smallest absolute Gasteiger partial charge is 0.209 e. The van der Waals surface area contributed by atoms with E-state index in [-0.39, 0.29) is 17.1 Å². The van der Waals surface area contributed by atoms with Crippen molar-refractivity contribution in [2.45, 2.75) is 33.1 Å². The van der Waals surface area contributed by atoms with Crippen molar-refractivity contribution in [3.8, 4) is 0 Å². The van der Waals surface area contributed by atoms with Gasteiger partial charge in [0.15, 0.2) is 0 Å². The van der Waals surface area contributed by atoms with Crippen LogP contribution in [0.1, 0.15) is 30.4 Å². The van der Waals surface area contributed by atoms with Gasteiger partial charge in [-0.15, -0.1) is 0 Å². The van der Waals surface area contributed by atoms with Crippen molar-refractivity contribution in [2.75, 3.05) is 23.7 Å². The van der Waals surface area contributed by atoms with E-state index < -0.39 is 10.0 Å². The van der Waals surface area contributed by atoms with E-state index in [9.17, 15) is 8.42 Å². The number of fused-ring (bicyclic) bond motifs is 1. The summed E-state index contributed by atoms with van der Waals surface area (Å²) >= 11 is 0. The highest BCUT2D eigenvalue weighted by Gasteiger charge is 2.49. The van der Waals surface area contributed by atoms with E-state index in [0.29, 0.717) is 0 Å². The van der Waals surface area contributed by atoms with Gasteiger partial charge in [-0.1, -0.05) is 0 Å². The Bertz CT molecular complexity index is 935. The SMILES string of the molecule is Cc1cc2ncnc(N3CC4(CCC(CS(N)(=O)=O)C4)C3)c2cc1C. The van der Waals surface area contributed by atoms with Crippen molar-refractivity contribution in [3.05, 3.63) is 29.6 Å². The van der Waals surface area contributed by atoms with E-state index in [4.69, 9.17) is 5.14 Å². The van der Waals surface area contributed by atoms with Gasteiger partial charge in [0.1, 0.15) is 12.1 Å². The summed E-state index contributed by atoms with van der Waals surface area (Å²) in [5.41, 5.74) is 3.69. The molecule has 6 nitrogen and oxygen atoms in total. The molecule has 134 valence electrons. The monoisotopic (exact) mass is 360 g/mol. The predicted octanol–water partition coefficient (Wildman–Crippen LogP) is 2.14. The average molecular weight is 360 g/mol. The normalized spacial score (nSPS) is 22.5. The zero-order valence-corrected chi connectivity index (χ0v) is 15.5. The summed E-state index contributed by atoms with van der Waals surface area (Å²) in [5, 5.41) is 6.31. The van der Waals surface area contributed by atoms with Gasteiger partial charge < -0.3 is 4.90 Å². The Hall–Kier alpha value is -1.73. The quantitative estimate of drug-likeness (QED) is 0.906. The van der Waals surface area contributed by atoms with Crippen LogP contribution in [0.4, 0.5) is 5.82 Å². The lowest BCUT2D eigenvalue weighted by Crippen LogP contribution is -2.55. The second-order valence-electron chi connectivity index (χ2n) is 7.95. The summed E-state index contributed by atoms with van der Waals surface area (Å²) < 4.78 is 22.7. The van der Waals surface area contributed by atoms with E-state index in [1.165, 1.54) is 11.1 Å². The van der Waals surface area contributed by atoms with Gasteiger partial charge in [-0.3, -0.25) is 0 Å². The second-order valence-corrected chi connectivity index (χ2v) is 9.60. The molecule has 2 N–H and O–H groups in total. The number of rotatable bonds is 3. The van der Waals surface area contributed by atoms with Gasteiger partial charge in [-0.2, -0.15) is 0 Å². The molecule has 2 heterocycles. The van der Waals surface area contributed by atoms with Crippen LogP contribution in [-0.2, 0) is 10.0 Å². The third-order valence-electron chi connectivity index (χ3n) is 5.85. The molecule has 1 aromatic heterocycles. The fourth-order valence-electron chi connectivity index (χ4n) is 4.55. The first-order valence-electron chi connectivity index (χ1n) is 8.72. The van der Waals surface area contributed by atoms with Gasteiger partial charge in [0, 0.05) is 23.9 Å². The number of benzene rings is 1. The Labute approximate surface area is 148 Å². The molecule has 1 aliphatic heterocycles. The van der Waals surface area contributed by atoms with Crippen molar-refractivity contribution in [2.24, 2.45) is 16.5 Å². The first kappa shape index (κ1) is 16.7. The second kappa shape index (κ2) is 5.64. The highest BCUT2D eigenvalue weighted by atomic mass is 32.2. The van der Waals surface area contributed by atoms with Crippen LogP contribution in [0.5, 0.6) is 0 Å². The van der Waals surface area contributed by atoms with E-state index >= 15 is 0 Å². The number of aromatic nitrogens is 2. The summed E-state index contributed by atoms with van der Waals surface area (Å²) in [4.78, 5) is 11.2. The van der Waals surface area contributed by atoms with Crippen LogP contribution >= 0.6 is 0 Å². The van der Waals surface area contributed by atoms with Crippen molar-refractivity contribution in [3.63, 3.8) is 0 Å². The molecule has 0 bridgehead atoms. The molecule has 2 fully saturated rings. The van der Waals surface area contributed by atoms with Gasteiger partial charge >= 0.3 is 0 Å². The zero-order chi connectivity index (χ0) is 17.8. The minimum absolute atomic E-state index is 0.115. The Morgan fingerprint density at radius 3 is 2.68 bits per heavy atom. The summed E-state index contributed by atoms with van der Waals surface area (Å²) in [6.07, 6.45) is 4.61. The van der Waals surface area contributed by atoms with Crippen LogP contribution in [0.2, 0.25) is 0 Å². The maximum Gasteiger partial charge on any atom is 0.209 e. The topological polar surface area (TPSA) is 89.2 Å². The number of primary sulfonamides is 1. The molecule has 1 aliphatic carbocycles.